The van der Waals surface area contributed by atoms with E-state index >= 15 is 0 Å². The Morgan fingerprint density at radius 2 is 2.00 bits per heavy atom. The van der Waals surface area contributed by atoms with Crippen LogP contribution in [0.3, 0.4) is 0 Å². The van der Waals surface area contributed by atoms with Crippen LogP contribution in [0.1, 0.15) is 19.3 Å². The predicted octanol–water partition coefficient (Wildman–Crippen LogP) is 0.244. The summed E-state index contributed by atoms with van der Waals surface area (Å²) in [5.41, 5.74) is 1.33. The van der Waals surface area contributed by atoms with E-state index in [1.165, 1.54) is 0 Å². The van der Waals surface area contributed by atoms with Gasteiger partial charge in [0.1, 0.15) is 11.1 Å². The van der Waals surface area contributed by atoms with Crippen LogP contribution < -0.4 is 5.32 Å². The molecule has 0 bridgehead atoms. The third kappa shape index (κ3) is 2.84. The molecule has 8 nitrogen and oxygen atoms in total. The minimum atomic E-state index is -0.447. The quantitative estimate of drug-likeness (QED) is 0.852. The molecule has 26 heavy (non-hydrogen) atoms. The molecule has 2 aliphatic rings. The van der Waals surface area contributed by atoms with Gasteiger partial charge >= 0.3 is 0 Å². The van der Waals surface area contributed by atoms with Crippen molar-refractivity contribution in [3.63, 3.8) is 0 Å². The van der Waals surface area contributed by atoms with Crippen LogP contribution in [0.25, 0.3) is 11.0 Å². The number of aromatic nitrogens is 3. The van der Waals surface area contributed by atoms with Gasteiger partial charge in [-0.2, -0.15) is 0 Å². The van der Waals surface area contributed by atoms with Gasteiger partial charge in [-0.1, -0.05) is 17.3 Å². The monoisotopic (exact) mass is 356 g/mol. The van der Waals surface area contributed by atoms with Gasteiger partial charge in [0.15, 0.2) is 0 Å². The van der Waals surface area contributed by atoms with Gasteiger partial charge < -0.3 is 10.2 Å². The van der Waals surface area contributed by atoms with Crippen molar-refractivity contribution in [3.05, 3.63) is 24.3 Å². The van der Waals surface area contributed by atoms with Crippen LogP contribution in [0.15, 0.2) is 24.3 Å². The number of amides is 2. The number of likely N-dealkylation sites (N-methyl/N-ethyl adjacent to an activating group) is 1. The molecule has 138 valence electrons. The maximum atomic E-state index is 12.6. The zero-order chi connectivity index (χ0) is 18.1. The Morgan fingerprint density at radius 1 is 1.23 bits per heavy atom. The fourth-order valence-corrected chi connectivity index (χ4v) is 4.07. The lowest BCUT2D eigenvalue weighted by atomic mass is 9.83. The van der Waals surface area contributed by atoms with Crippen molar-refractivity contribution in [1.29, 1.82) is 0 Å². The Bertz CT molecular complexity index is 824. The van der Waals surface area contributed by atoms with Crippen LogP contribution in [-0.4, -0.2) is 75.4 Å². The first-order valence-electron chi connectivity index (χ1n) is 9.16. The molecular weight excluding hydrogens is 332 g/mol. The highest BCUT2D eigenvalue weighted by atomic mass is 16.2. The van der Waals surface area contributed by atoms with Crippen molar-refractivity contribution >= 4 is 22.8 Å². The SMILES string of the molecule is CN1CCNC(=O)C12CCN(C(=O)CCn1nnc3ccccc31)CC2. The average Bonchev–Trinajstić information content (AvgIpc) is 3.08. The number of rotatable bonds is 3. The highest BCUT2D eigenvalue weighted by Crippen LogP contribution is 2.30. The summed E-state index contributed by atoms with van der Waals surface area (Å²) in [5.74, 6) is 0.214. The molecule has 1 spiro atoms. The molecule has 0 radical (unpaired) electrons. The summed E-state index contributed by atoms with van der Waals surface area (Å²) < 4.78 is 1.78. The van der Waals surface area contributed by atoms with Crippen LogP contribution in [-0.2, 0) is 16.1 Å². The van der Waals surface area contributed by atoms with Crippen molar-refractivity contribution in [2.45, 2.75) is 31.3 Å². The largest absolute Gasteiger partial charge is 0.353 e. The summed E-state index contributed by atoms with van der Waals surface area (Å²) in [7, 11) is 2.01. The Balaban J connectivity index is 1.36. The molecule has 2 aromatic rings. The zero-order valence-electron chi connectivity index (χ0n) is 15.0. The Hall–Kier alpha value is -2.48. The molecule has 0 aliphatic carbocycles. The van der Waals surface area contributed by atoms with Gasteiger partial charge in [-0.3, -0.25) is 14.5 Å². The van der Waals surface area contributed by atoms with E-state index in [0.29, 0.717) is 45.4 Å². The van der Waals surface area contributed by atoms with Gasteiger partial charge in [-0.25, -0.2) is 4.68 Å². The Labute approximate surface area is 152 Å². The van der Waals surface area contributed by atoms with E-state index in [2.05, 4.69) is 20.5 Å². The van der Waals surface area contributed by atoms with Gasteiger partial charge in [0, 0.05) is 32.6 Å². The van der Waals surface area contributed by atoms with Crippen molar-refractivity contribution in [2.75, 3.05) is 33.2 Å². The number of piperazine rings is 1. The van der Waals surface area contributed by atoms with Gasteiger partial charge in [-0.05, 0) is 32.0 Å². The van der Waals surface area contributed by atoms with E-state index < -0.39 is 5.54 Å². The molecular formula is C18H24N6O2. The van der Waals surface area contributed by atoms with Crippen LogP contribution in [0.4, 0.5) is 0 Å². The fourth-order valence-electron chi connectivity index (χ4n) is 4.07. The standard InChI is InChI=1S/C18H24N6O2/c1-22-13-9-19-17(26)18(22)7-11-23(12-8-18)16(25)6-10-24-15-5-3-2-4-14(15)20-21-24/h2-5H,6-13H2,1H3,(H,19,26). The maximum Gasteiger partial charge on any atom is 0.240 e. The number of piperidine rings is 1. The van der Waals surface area contributed by atoms with Crippen LogP contribution >= 0.6 is 0 Å². The first kappa shape index (κ1) is 17.0. The molecule has 1 aromatic heterocycles. The minimum Gasteiger partial charge on any atom is -0.353 e. The molecule has 4 rings (SSSR count). The average molecular weight is 356 g/mol. The molecule has 1 N–H and O–H groups in total. The minimum absolute atomic E-state index is 0.104. The molecule has 1 aromatic carbocycles. The number of fused-ring (bicyclic) bond motifs is 1. The number of benzene rings is 1. The summed E-state index contributed by atoms with van der Waals surface area (Å²) in [5, 5.41) is 11.2. The van der Waals surface area contributed by atoms with Gasteiger partial charge in [0.05, 0.1) is 12.1 Å². The predicted molar refractivity (Wildman–Crippen MR) is 96.3 cm³/mol. The summed E-state index contributed by atoms with van der Waals surface area (Å²) in [6.07, 6.45) is 1.77. The van der Waals surface area contributed by atoms with E-state index in [1.807, 2.05) is 36.2 Å². The van der Waals surface area contributed by atoms with Crippen molar-refractivity contribution in [2.24, 2.45) is 0 Å². The lowest BCUT2D eigenvalue weighted by molar-refractivity contribution is -0.145. The number of para-hydroxylation sites is 1. The molecule has 0 atom stereocenters. The van der Waals surface area contributed by atoms with Crippen molar-refractivity contribution in [3.8, 4) is 0 Å². The highest BCUT2D eigenvalue weighted by molar-refractivity contribution is 5.87. The molecule has 0 saturated carbocycles. The first-order valence-corrected chi connectivity index (χ1v) is 9.16. The van der Waals surface area contributed by atoms with E-state index in [0.717, 1.165) is 17.6 Å². The third-order valence-corrected chi connectivity index (χ3v) is 5.79. The van der Waals surface area contributed by atoms with Gasteiger partial charge in [0.2, 0.25) is 11.8 Å². The Kier molecular flexibility index (Phi) is 4.36. The normalized spacial score (nSPS) is 20.5. The van der Waals surface area contributed by atoms with Gasteiger partial charge in [0.25, 0.3) is 0 Å². The van der Waals surface area contributed by atoms with E-state index in [1.54, 1.807) is 4.68 Å². The van der Waals surface area contributed by atoms with Crippen LogP contribution in [0.2, 0.25) is 0 Å². The first-order chi connectivity index (χ1) is 12.6. The third-order valence-electron chi connectivity index (χ3n) is 5.79. The number of carbonyl (C=O) groups excluding carboxylic acids is 2. The number of nitrogens with zero attached hydrogens (tertiary/aromatic N) is 5. The lowest BCUT2D eigenvalue weighted by Gasteiger charge is -2.48. The maximum absolute atomic E-state index is 12.6. The summed E-state index contributed by atoms with van der Waals surface area (Å²) in [6.45, 7) is 3.31. The van der Waals surface area contributed by atoms with Crippen LogP contribution in [0.5, 0.6) is 0 Å². The molecule has 0 unspecified atom stereocenters. The number of likely N-dealkylation sites (tertiary alicyclic amines) is 1. The molecule has 2 aliphatic heterocycles. The fraction of sp³-hybridized carbons (Fsp3) is 0.556. The number of hydrogen-bond acceptors (Lipinski definition) is 5. The zero-order valence-corrected chi connectivity index (χ0v) is 15.0. The number of carbonyl (C=O) groups is 2. The van der Waals surface area contributed by atoms with Crippen molar-refractivity contribution in [1.82, 2.24) is 30.1 Å². The molecule has 8 heteroatoms. The second-order valence-electron chi connectivity index (χ2n) is 7.14. The van der Waals surface area contributed by atoms with Crippen molar-refractivity contribution < 1.29 is 9.59 Å². The summed E-state index contributed by atoms with van der Waals surface area (Å²) in [6, 6.07) is 7.74. The molecule has 2 fully saturated rings. The summed E-state index contributed by atoms with van der Waals surface area (Å²) in [4.78, 5) is 29.0. The van der Waals surface area contributed by atoms with E-state index in [4.69, 9.17) is 0 Å². The topological polar surface area (TPSA) is 83.4 Å². The Morgan fingerprint density at radius 3 is 2.77 bits per heavy atom. The van der Waals surface area contributed by atoms with Crippen LogP contribution in [0, 0.1) is 0 Å². The van der Waals surface area contributed by atoms with Gasteiger partial charge in [-0.15, -0.1) is 5.10 Å². The molecule has 2 amide bonds. The molecule has 3 heterocycles. The number of nitrogens with one attached hydrogen (secondary N) is 1. The van der Waals surface area contributed by atoms with E-state index in [9.17, 15) is 9.59 Å². The number of hydrogen-bond donors (Lipinski definition) is 1. The lowest BCUT2D eigenvalue weighted by Crippen LogP contribution is -2.67. The second-order valence-corrected chi connectivity index (χ2v) is 7.14. The number of aryl methyl sites for hydroxylation is 1. The second kappa shape index (κ2) is 6.68. The summed E-state index contributed by atoms with van der Waals surface area (Å²) >= 11 is 0. The smallest absolute Gasteiger partial charge is 0.240 e. The van der Waals surface area contributed by atoms with E-state index in [-0.39, 0.29) is 11.8 Å². The molecule has 2 saturated heterocycles. The highest BCUT2D eigenvalue weighted by Gasteiger charge is 2.46.